The van der Waals surface area contributed by atoms with E-state index in [0.717, 1.165) is 41.5 Å². The summed E-state index contributed by atoms with van der Waals surface area (Å²) in [7, 11) is 3.80. The monoisotopic (exact) mass is 547 g/mol. The number of nitrogens with one attached hydrogen (secondary N) is 1. The zero-order valence-corrected chi connectivity index (χ0v) is 22.9. The molecule has 0 unspecified atom stereocenters. The molecule has 39 heavy (non-hydrogen) atoms. The highest BCUT2D eigenvalue weighted by atomic mass is 35.5. The minimum Gasteiger partial charge on any atom is -0.486 e. The molecule has 0 aliphatic carbocycles. The minimum absolute atomic E-state index is 0.00426. The van der Waals surface area contributed by atoms with E-state index in [-0.39, 0.29) is 10.6 Å². The van der Waals surface area contributed by atoms with Gasteiger partial charge in [0.05, 0.1) is 16.2 Å². The second-order valence-corrected chi connectivity index (χ2v) is 10.3. The normalized spacial score (nSPS) is 14.8. The van der Waals surface area contributed by atoms with E-state index in [4.69, 9.17) is 21.2 Å². The first-order valence-electron chi connectivity index (χ1n) is 13.0. The SMILES string of the molecule is CN(C)CC(=O)[N+]1(Oc2ccc3ncnc(Nc4ccc(OCc5ccccn5)c(Cl)c4)c3c2)CCCCC1. The molecule has 0 radical (unpaired) electrons. The van der Waals surface area contributed by atoms with E-state index in [1.165, 1.54) is 6.33 Å². The Bertz CT molecular complexity index is 1440. The summed E-state index contributed by atoms with van der Waals surface area (Å²) >= 11 is 6.52. The highest BCUT2D eigenvalue weighted by molar-refractivity contribution is 6.32. The molecule has 1 aliphatic heterocycles. The van der Waals surface area contributed by atoms with Crippen molar-refractivity contribution < 1.29 is 19.0 Å². The number of nitrogens with zero attached hydrogens (tertiary/aromatic N) is 5. The molecule has 1 amide bonds. The molecule has 1 N–H and O–H groups in total. The van der Waals surface area contributed by atoms with Crippen LogP contribution in [0.1, 0.15) is 25.0 Å². The maximum absolute atomic E-state index is 13.2. The predicted octanol–water partition coefficient (Wildman–Crippen LogP) is 5.38. The van der Waals surface area contributed by atoms with E-state index < -0.39 is 0 Å². The standard InChI is InChI=1S/C29H32ClN6O3/c1-35(2)18-28(37)36(14-6-3-7-15-36)39-23-10-11-26-24(17-23)29(33-20-32-26)34-21-9-12-27(25(30)16-21)38-19-22-8-4-5-13-31-22/h4-5,8-13,16-17,20H,3,6-7,14-15,18-19H2,1-2H3,(H,32,33,34)/q+1. The maximum Gasteiger partial charge on any atom is 0.368 e. The van der Waals surface area contributed by atoms with E-state index in [0.29, 0.717) is 48.6 Å². The van der Waals surface area contributed by atoms with Crippen molar-refractivity contribution in [2.75, 3.05) is 39.0 Å². The molecule has 10 heteroatoms. The number of quaternary nitrogens is 1. The first-order valence-corrected chi connectivity index (χ1v) is 13.4. The molecular formula is C29H32ClN6O3+. The summed E-state index contributed by atoms with van der Waals surface area (Å²) < 4.78 is 5.84. The van der Waals surface area contributed by atoms with E-state index in [1.807, 2.05) is 67.5 Å². The third-order valence-corrected chi connectivity index (χ3v) is 6.92. The van der Waals surface area contributed by atoms with Gasteiger partial charge in [0.1, 0.15) is 44.1 Å². The first kappa shape index (κ1) is 26.8. The average molecular weight is 548 g/mol. The van der Waals surface area contributed by atoms with Gasteiger partial charge in [0, 0.05) is 36.2 Å². The molecule has 1 saturated heterocycles. The number of aromatic nitrogens is 3. The van der Waals surface area contributed by atoms with Gasteiger partial charge in [-0.25, -0.2) is 14.8 Å². The number of hydrogen-bond donors (Lipinski definition) is 1. The number of ether oxygens (including phenoxy) is 1. The van der Waals surface area contributed by atoms with E-state index in [1.54, 1.807) is 12.3 Å². The highest BCUT2D eigenvalue weighted by Crippen LogP contribution is 2.33. The Balaban J connectivity index is 1.36. The van der Waals surface area contributed by atoms with Crippen molar-refractivity contribution >= 4 is 39.9 Å². The molecule has 2 aromatic carbocycles. The Morgan fingerprint density at radius 2 is 1.87 bits per heavy atom. The molecule has 4 aromatic rings. The number of carbonyl (C=O) groups excluding carboxylic acids is 1. The molecule has 0 saturated carbocycles. The zero-order chi connectivity index (χ0) is 27.2. The second kappa shape index (κ2) is 11.9. The fourth-order valence-electron chi connectivity index (χ4n) is 4.68. The van der Waals surface area contributed by atoms with Crippen LogP contribution in [0.2, 0.25) is 5.02 Å². The number of likely N-dealkylation sites (tertiary alicyclic amines) is 1. The Labute approximate surface area is 232 Å². The van der Waals surface area contributed by atoms with Crippen LogP contribution in [-0.4, -0.2) is 64.1 Å². The number of hydrogen-bond acceptors (Lipinski definition) is 8. The van der Waals surface area contributed by atoms with E-state index in [2.05, 4.69) is 20.3 Å². The van der Waals surface area contributed by atoms with Crippen molar-refractivity contribution in [3.05, 3.63) is 77.8 Å². The van der Waals surface area contributed by atoms with Crippen molar-refractivity contribution in [3.8, 4) is 11.5 Å². The fourth-order valence-corrected chi connectivity index (χ4v) is 4.91. The Hall–Kier alpha value is -3.79. The van der Waals surface area contributed by atoms with Gasteiger partial charge < -0.3 is 14.9 Å². The number of anilines is 2. The molecule has 1 aliphatic rings. The summed E-state index contributed by atoms with van der Waals surface area (Å²) in [6, 6.07) is 16.8. The number of halogens is 1. The Kier molecular flexibility index (Phi) is 8.21. The molecule has 0 spiro atoms. The van der Waals surface area contributed by atoms with Crippen LogP contribution in [0.4, 0.5) is 11.5 Å². The van der Waals surface area contributed by atoms with Crippen molar-refractivity contribution in [2.45, 2.75) is 25.9 Å². The molecule has 3 heterocycles. The summed E-state index contributed by atoms with van der Waals surface area (Å²) in [4.78, 5) is 34.7. The number of carbonyl (C=O) groups is 1. The third-order valence-electron chi connectivity index (χ3n) is 6.63. The highest BCUT2D eigenvalue weighted by Gasteiger charge is 2.42. The summed E-state index contributed by atoms with van der Waals surface area (Å²) in [5, 5.41) is 4.58. The van der Waals surface area contributed by atoms with Gasteiger partial charge >= 0.3 is 5.91 Å². The van der Waals surface area contributed by atoms with Crippen LogP contribution in [0.25, 0.3) is 10.9 Å². The van der Waals surface area contributed by atoms with Gasteiger partial charge in [-0.3, -0.25) is 9.88 Å². The van der Waals surface area contributed by atoms with Gasteiger partial charge in [0.25, 0.3) is 0 Å². The topological polar surface area (TPSA) is 89.5 Å². The zero-order valence-electron chi connectivity index (χ0n) is 22.1. The molecule has 9 nitrogen and oxygen atoms in total. The van der Waals surface area contributed by atoms with Crippen LogP contribution in [-0.2, 0) is 11.4 Å². The minimum atomic E-state index is -0.00426. The molecule has 1 fully saturated rings. The maximum atomic E-state index is 13.2. The largest absolute Gasteiger partial charge is 0.486 e. The number of rotatable bonds is 9. The number of likely N-dealkylation sites (N-methyl/N-ethyl adjacent to an activating group) is 1. The summed E-state index contributed by atoms with van der Waals surface area (Å²) in [6.07, 6.45) is 6.24. The Morgan fingerprint density at radius 3 is 2.62 bits per heavy atom. The van der Waals surface area contributed by atoms with Crippen LogP contribution < -0.4 is 14.9 Å². The third kappa shape index (κ3) is 6.44. The van der Waals surface area contributed by atoms with Gasteiger partial charge in [-0.05, 0) is 63.0 Å². The van der Waals surface area contributed by atoms with Gasteiger partial charge in [0.2, 0.25) is 0 Å². The quantitative estimate of drug-likeness (QED) is 0.279. The summed E-state index contributed by atoms with van der Waals surface area (Å²) in [5.74, 6) is 1.83. The predicted molar refractivity (Wildman–Crippen MR) is 151 cm³/mol. The van der Waals surface area contributed by atoms with Crippen LogP contribution in [0.3, 0.4) is 0 Å². The summed E-state index contributed by atoms with van der Waals surface area (Å²) in [5.41, 5.74) is 2.32. The lowest BCUT2D eigenvalue weighted by atomic mass is 10.1. The van der Waals surface area contributed by atoms with Crippen LogP contribution in [0.5, 0.6) is 11.5 Å². The number of fused-ring (bicyclic) bond motifs is 1. The fraction of sp³-hybridized carbons (Fsp3) is 0.310. The van der Waals surface area contributed by atoms with Crippen molar-refractivity contribution in [1.82, 2.24) is 19.9 Å². The second-order valence-electron chi connectivity index (χ2n) is 9.90. The lowest BCUT2D eigenvalue weighted by Crippen LogP contribution is -2.60. The van der Waals surface area contributed by atoms with Crippen molar-refractivity contribution in [2.24, 2.45) is 0 Å². The van der Waals surface area contributed by atoms with Crippen LogP contribution >= 0.6 is 11.6 Å². The van der Waals surface area contributed by atoms with Crippen LogP contribution in [0, 0.1) is 0 Å². The number of piperidine rings is 1. The van der Waals surface area contributed by atoms with Gasteiger partial charge in [0.15, 0.2) is 5.75 Å². The van der Waals surface area contributed by atoms with Crippen molar-refractivity contribution in [1.29, 1.82) is 0 Å². The average Bonchev–Trinajstić information content (AvgIpc) is 2.94. The van der Waals surface area contributed by atoms with Crippen molar-refractivity contribution in [3.63, 3.8) is 0 Å². The number of benzene rings is 2. The smallest absolute Gasteiger partial charge is 0.368 e. The lowest BCUT2D eigenvalue weighted by molar-refractivity contribution is -1.02. The molecule has 202 valence electrons. The van der Waals surface area contributed by atoms with E-state index in [9.17, 15) is 4.79 Å². The Morgan fingerprint density at radius 1 is 1.03 bits per heavy atom. The summed E-state index contributed by atoms with van der Waals surface area (Å²) in [6.45, 7) is 1.97. The van der Waals surface area contributed by atoms with Gasteiger partial charge in [-0.2, -0.15) is 0 Å². The number of amides is 1. The number of pyridine rings is 1. The number of hydroxylamine groups is 3. The first-order chi connectivity index (χ1) is 18.9. The molecular weight excluding hydrogens is 516 g/mol. The van der Waals surface area contributed by atoms with Crippen LogP contribution in [0.15, 0.2) is 67.1 Å². The molecule has 0 bridgehead atoms. The lowest BCUT2D eigenvalue weighted by Gasteiger charge is -2.36. The molecule has 0 atom stereocenters. The molecule has 5 rings (SSSR count). The van der Waals surface area contributed by atoms with Gasteiger partial charge in [-0.15, -0.1) is 0 Å². The van der Waals surface area contributed by atoms with Gasteiger partial charge in [-0.1, -0.05) is 22.3 Å². The van der Waals surface area contributed by atoms with E-state index >= 15 is 0 Å². The molecule has 2 aromatic heterocycles.